The number of hydrogen-bond acceptors (Lipinski definition) is 9. The zero-order chi connectivity index (χ0) is 18.4. The van der Waals surface area contributed by atoms with Gasteiger partial charge in [-0.3, -0.25) is 14.4 Å². The maximum absolute atomic E-state index is 11.4. The summed E-state index contributed by atoms with van der Waals surface area (Å²) in [6.45, 7) is 3.05. The van der Waals surface area contributed by atoms with Crippen molar-refractivity contribution in [1.29, 1.82) is 0 Å². The van der Waals surface area contributed by atoms with Gasteiger partial charge in [0.1, 0.15) is 0 Å². The first-order valence-corrected chi connectivity index (χ1v) is 6.61. The van der Waals surface area contributed by atoms with Crippen LogP contribution in [-0.4, -0.2) is 59.6 Å². The molecule has 0 aromatic rings. The van der Waals surface area contributed by atoms with Crippen LogP contribution in [0.4, 0.5) is 0 Å². The molecule has 0 aromatic heterocycles. The number of ether oxygens (including phenoxy) is 4. The third-order valence-electron chi connectivity index (χ3n) is 2.83. The summed E-state index contributed by atoms with van der Waals surface area (Å²) in [5.41, 5.74) is 8.57. The maximum atomic E-state index is 11.4. The highest BCUT2D eigenvalue weighted by molar-refractivity contribution is 5.75. The lowest BCUT2D eigenvalue weighted by molar-refractivity contribution is -0.246. The number of hydrogen-bond donors (Lipinski definition) is 1. The molecule has 0 radical (unpaired) electrons. The molecule has 1 aliphatic heterocycles. The van der Waals surface area contributed by atoms with E-state index in [4.69, 9.17) is 24.5 Å². The van der Waals surface area contributed by atoms with Gasteiger partial charge in [-0.1, -0.05) is 5.11 Å². The van der Waals surface area contributed by atoms with E-state index in [1.807, 2.05) is 0 Å². The molecule has 0 spiro atoms. The second kappa shape index (κ2) is 8.13. The number of carbonyl (C=O) groups excluding carboxylic acids is 3. The van der Waals surface area contributed by atoms with E-state index < -0.39 is 54.5 Å². The molecule has 5 atom stereocenters. The fraction of sp³-hybridized carbons (Fsp3) is 0.667. The van der Waals surface area contributed by atoms with Crippen molar-refractivity contribution in [3.63, 3.8) is 0 Å². The van der Waals surface area contributed by atoms with E-state index in [0.717, 1.165) is 20.8 Å². The number of carbonyl (C=O) groups is 4. The molecule has 1 aliphatic rings. The molecule has 132 valence electrons. The molecule has 0 aromatic carbocycles. The molecule has 24 heavy (non-hydrogen) atoms. The first kappa shape index (κ1) is 19.2. The quantitative estimate of drug-likeness (QED) is 0.234. The van der Waals surface area contributed by atoms with Gasteiger partial charge in [0.05, 0.1) is 0 Å². The van der Waals surface area contributed by atoms with Crippen molar-refractivity contribution >= 4 is 23.9 Å². The topological polar surface area (TPSA) is 174 Å². The Morgan fingerprint density at radius 3 is 1.83 bits per heavy atom. The Hall–Kier alpha value is -2.85. The number of carboxylic acids is 1. The summed E-state index contributed by atoms with van der Waals surface area (Å²) in [7, 11) is 0. The summed E-state index contributed by atoms with van der Waals surface area (Å²) in [6.07, 6.45) is -8.06. The van der Waals surface area contributed by atoms with Gasteiger partial charge < -0.3 is 24.1 Å². The summed E-state index contributed by atoms with van der Waals surface area (Å²) >= 11 is 0. The van der Waals surface area contributed by atoms with Gasteiger partial charge in [-0.25, -0.2) is 4.79 Å². The molecular formula is C12H15N3O9. The molecule has 1 rings (SSSR count). The standard InChI is InChI=1S/C12H15N3O9/c1-4(16)21-7-8(22-5(2)17)10(12(19)20)24-11(14-15-13)9(7)23-6(3)18/h7-11H,1-3H3,(H,19,20)/t7-,8-,9+,10-,11?/m0/s1. The lowest BCUT2D eigenvalue weighted by Crippen LogP contribution is -2.62. The number of rotatable bonds is 5. The molecule has 1 heterocycles. The van der Waals surface area contributed by atoms with Crippen LogP contribution in [0, 0.1) is 0 Å². The van der Waals surface area contributed by atoms with E-state index in [1.54, 1.807) is 0 Å². The van der Waals surface area contributed by atoms with Crippen molar-refractivity contribution in [2.24, 2.45) is 5.11 Å². The third-order valence-corrected chi connectivity index (χ3v) is 2.83. The Morgan fingerprint density at radius 1 is 0.958 bits per heavy atom. The van der Waals surface area contributed by atoms with Crippen LogP contribution in [0.1, 0.15) is 20.8 Å². The van der Waals surface area contributed by atoms with Crippen LogP contribution in [-0.2, 0) is 38.1 Å². The Bertz CT molecular complexity index is 558. The minimum absolute atomic E-state index is 0.839. The minimum Gasteiger partial charge on any atom is -0.479 e. The number of aliphatic carboxylic acids is 1. The van der Waals surface area contributed by atoms with Crippen LogP contribution in [0.5, 0.6) is 0 Å². The first-order chi connectivity index (χ1) is 11.2. The van der Waals surface area contributed by atoms with Crippen LogP contribution >= 0.6 is 0 Å². The number of esters is 3. The van der Waals surface area contributed by atoms with E-state index in [9.17, 15) is 24.3 Å². The average Bonchev–Trinajstić information content (AvgIpc) is 2.43. The van der Waals surface area contributed by atoms with Crippen LogP contribution in [0.15, 0.2) is 5.11 Å². The van der Waals surface area contributed by atoms with Crippen LogP contribution in [0.2, 0.25) is 0 Å². The molecule has 0 bridgehead atoms. The Labute approximate surface area is 135 Å². The SMILES string of the molecule is CC(=O)O[C@H]1[C@H](OC(C)=O)[C@@H](OC(C)=O)C(N=[N+]=[N-])O[C@@H]1C(=O)O. The van der Waals surface area contributed by atoms with Crippen LogP contribution < -0.4 is 0 Å². The Kier molecular flexibility index (Phi) is 6.50. The van der Waals surface area contributed by atoms with Crippen molar-refractivity contribution < 1.29 is 43.2 Å². The molecule has 0 aliphatic carbocycles. The van der Waals surface area contributed by atoms with Crippen molar-refractivity contribution in [3.8, 4) is 0 Å². The maximum Gasteiger partial charge on any atom is 0.336 e. The molecule has 1 saturated heterocycles. The van der Waals surface area contributed by atoms with Crippen LogP contribution in [0.25, 0.3) is 10.4 Å². The number of azide groups is 1. The smallest absolute Gasteiger partial charge is 0.336 e. The van der Waals surface area contributed by atoms with E-state index in [-0.39, 0.29) is 0 Å². The zero-order valence-corrected chi connectivity index (χ0v) is 12.9. The van der Waals surface area contributed by atoms with Gasteiger partial charge in [0.15, 0.2) is 30.6 Å². The van der Waals surface area contributed by atoms with E-state index in [1.165, 1.54) is 0 Å². The lowest BCUT2D eigenvalue weighted by Gasteiger charge is -2.41. The van der Waals surface area contributed by atoms with Crippen molar-refractivity contribution in [2.75, 3.05) is 0 Å². The predicted molar refractivity (Wildman–Crippen MR) is 72.1 cm³/mol. The summed E-state index contributed by atoms with van der Waals surface area (Å²) in [5.74, 6) is -4.14. The second-order valence-corrected chi connectivity index (χ2v) is 4.71. The molecule has 12 nitrogen and oxygen atoms in total. The fourth-order valence-electron chi connectivity index (χ4n) is 2.13. The molecular weight excluding hydrogens is 330 g/mol. The highest BCUT2D eigenvalue weighted by atomic mass is 16.7. The monoisotopic (exact) mass is 345 g/mol. The van der Waals surface area contributed by atoms with Gasteiger partial charge in [-0.2, -0.15) is 0 Å². The third kappa shape index (κ3) is 4.83. The number of carboxylic acid groups (broad SMARTS) is 1. The molecule has 1 fully saturated rings. The van der Waals surface area contributed by atoms with Crippen molar-refractivity contribution in [3.05, 3.63) is 10.4 Å². The first-order valence-electron chi connectivity index (χ1n) is 6.61. The van der Waals surface area contributed by atoms with E-state index >= 15 is 0 Å². The lowest BCUT2D eigenvalue weighted by atomic mass is 9.97. The van der Waals surface area contributed by atoms with Crippen LogP contribution in [0.3, 0.4) is 0 Å². The summed E-state index contributed by atoms with van der Waals surface area (Å²) < 4.78 is 19.8. The van der Waals surface area contributed by atoms with E-state index in [2.05, 4.69) is 10.0 Å². The normalized spacial score (nSPS) is 28.9. The molecule has 12 heteroatoms. The second-order valence-electron chi connectivity index (χ2n) is 4.71. The zero-order valence-electron chi connectivity index (χ0n) is 12.9. The van der Waals surface area contributed by atoms with Gasteiger partial charge >= 0.3 is 23.9 Å². The molecule has 0 amide bonds. The molecule has 1 unspecified atom stereocenters. The average molecular weight is 345 g/mol. The highest BCUT2D eigenvalue weighted by Gasteiger charge is 2.54. The summed E-state index contributed by atoms with van der Waals surface area (Å²) in [4.78, 5) is 47.7. The molecule has 0 saturated carbocycles. The van der Waals surface area contributed by atoms with Gasteiger partial charge in [0.2, 0.25) is 0 Å². The Morgan fingerprint density at radius 2 is 1.42 bits per heavy atom. The minimum atomic E-state index is -1.81. The summed E-state index contributed by atoms with van der Waals surface area (Å²) in [5, 5.41) is 12.4. The number of nitrogens with zero attached hydrogens (tertiary/aromatic N) is 3. The summed E-state index contributed by atoms with van der Waals surface area (Å²) in [6, 6.07) is 0. The van der Waals surface area contributed by atoms with Gasteiger partial charge in [0, 0.05) is 25.7 Å². The van der Waals surface area contributed by atoms with E-state index in [0.29, 0.717) is 0 Å². The van der Waals surface area contributed by atoms with Crippen molar-refractivity contribution in [1.82, 2.24) is 0 Å². The van der Waals surface area contributed by atoms with Gasteiger partial charge in [-0.05, 0) is 5.53 Å². The predicted octanol–water partition coefficient (Wildman–Crippen LogP) is -0.0987. The van der Waals surface area contributed by atoms with Gasteiger partial charge in [0.25, 0.3) is 0 Å². The Balaban J connectivity index is 3.35. The van der Waals surface area contributed by atoms with Crippen molar-refractivity contribution in [2.45, 2.75) is 51.4 Å². The van der Waals surface area contributed by atoms with Gasteiger partial charge in [-0.15, -0.1) is 0 Å². The largest absolute Gasteiger partial charge is 0.479 e. The fourth-order valence-corrected chi connectivity index (χ4v) is 2.13. The highest BCUT2D eigenvalue weighted by Crippen LogP contribution is 2.29. The molecule has 1 N–H and O–H groups in total.